The number of furan rings is 1. The summed E-state index contributed by atoms with van der Waals surface area (Å²) in [5.74, 6) is 1.06. The molecule has 3 nitrogen and oxygen atoms in total. The van der Waals surface area contributed by atoms with Gasteiger partial charge >= 0.3 is 0 Å². The van der Waals surface area contributed by atoms with Gasteiger partial charge in [-0.15, -0.1) is 12.4 Å². The molecule has 1 N–H and O–H groups in total. The Hall–Kier alpha value is -1.03. The number of likely N-dealkylation sites (N-methyl/N-ethyl adjacent to an activating group) is 1. The number of fused-ring (bicyclic) bond motifs is 1. The maximum Gasteiger partial charge on any atom is 0.134 e. The predicted octanol–water partition coefficient (Wildman–Crippen LogP) is 2.65. The van der Waals surface area contributed by atoms with Crippen LogP contribution in [0.5, 0.6) is 0 Å². The van der Waals surface area contributed by atoms with Gasteiger partial charge in [0.25, 0.3) is 0 Å². The number of para-hydroxylation sites is 1. The van der Waals surface area contributed by atoms with Crippen LogP contribution < -0.4 is 5.32 Å². The fraction of sp³-hybridized carbons (Fsp3) is 0.429. The molecule has 1 saturated heterocycles. The second-order valence-corrected chi connectivity index (χ2v) is 4.81. The fourth-order valence-electron chi connectivity index (χ4n) is 2.51. The number of benzene rings is 1. The van der Waals surface area contributed by atoms with Gasteiger partial charge in [-0.2, -0.15) is 0 Å². The van der Waals surface area contributed by atoms with Crippen LogP contribution in [0.4, 0.5) is 0 Å². The highest BCUT2D eigenvalue weighted by Crippen LogP contribution is 2.20. The van der Waals surface area contributed by atoms with Gasteiger partial charge in [0.2, 0.25) is 0 Å². The summed E-state index contributed by atoms with van der Waals surface area (Å²) in [6.45, 7) is 3.12. The highest BCUT2D eigenvalue weighted by molar-refractivity contribution is 5.85. The summed E-state index contributed by atoms with van der Waals surface area (Å²) >= 11 is 0. The van der Waals surface area contributed by atoms with Gasteiger partial charge in [-0.1, -0.05) is 18.2 Å². The van der Waals surface area contributed by atoms with Crippen molar-refractivity contribution in [2.45, 2.75) is 19.0 Å². The Morgan fingerprint density at radius 1 is 1.39 bits per heavy atom. The van der Waals surface area contributed by atoms with Gasteiger partial charge in [-0.25, -0.2) is 0 Å². The summed E-state index contributed by atoms with van der Waals surface area (Å²) in [6.07, 6.45) is 1.23. The van der Waals surface area contributed by atoms with Crippen molar-refractivity contribution >= 4 is 23.4 Å². The van der Waals surface area contributed by atoms with E-state index in [0.29, 0.717) is 6.04 Å². The minimum Gasteiger partial charge on any atom is -0.460 e. The Bertz CT molecular complexity index is 472. The van der Waals surface area contributed by atoms with Gasteiger partial charge in [-0.05, 0) is 32.1 Å². The van der Waals surface area contributed by atoms with Crippen molar-refractivity contribution < 1.29 is 4.42 Å². The van der Waals surface area contributed by atoms with E-state index in [1.165, 1.54) is 11.8 Å². The third-order valence-electron chi connectivity index (χ3n) is 3.54. The minimum atomic E-state index is 0. The summed E-state index contributed by atoms with van der Waals surface area (Å²) in [4.78, 5) is 2.37. The van der Waals surface area contributed by atoms with Gasteiger partial charge in [0.15, 0.2) is 0 Å². The van der Waals surface area contributed by atoms with Gasteiger partial charge < -0.3 is 9.73 Å². The Kier molecular flexibility index (Phi) is 4.27. The first-order valence-electron chi connectivity index (χ1n) is 6.21. The van der Waals surface area contributed by atoms with Crippen molar-refractivity contribution in [2.24, 2.45) is 0 Å². The molecule has 0 aliphatic carbocycles. The average molecular weight is 267 g/mol. The highest BCUT2D eigenvalue weighted by atomic mass is 35.5. The van der Waals surface area contributed by atoms with Gasteiger partial charge in [0.05, 0.1) is 6.54 Å². The summed E-state index contributed by atoms with van der Waals surface area (Å²) in [6, 6.07) is 11.0. The molecular weight excluding hydrogens is 248 g/mol. The molecule has 1 aliphatic heterocycles. The molecule has 2 heterocycles. The van der Waals surface area contributed by atoms with E-state index in [9.17, 15) is 0 Å². The summed E-state index contributed by atoms with van der Waals surface area (Å²) in [5.41, 5.74) is 0.987. The van der Waals surface area contributed by atoms with Crippen LogP contribution in [-0.4, -0.2) is 31.1 Å². The third-order valence-corrected chi connectivity index (χ3v) is 3.54. The predicted molar refractivity (Wildman–Crippen MR) is 76.2 cm³/mol. The van der Waals surface area contributed by atoms with Crippen LogP contribution in [0.2, 0.25) is 0 Å². The lowest BCUT2D eigenvalue weighted by molar-refractivity contribution is 0.231. The zero-order valence-corrected chi connectivity index (χ0v) is 11.4. The molecule has 1 aromatic heterocycles. The van der Waals surface area contributed by atoms with Crippen molar-refractivity contribution in [1.29, 1.82) is 0 Å². The van der Waals surface area contributed by atoms with Crippen molar-refractivity contribution in [3.05, 3.63) is 36.1 Å². The van der Waals surface area contributed by atoms with Crippen molar-refractivity contribution in [3.8, 4) is 0 Å². The van der Waals surface area contributed by atoms with Gasteiger partial charge in [0.1, 0.15) is 11.3 Å². The molecule has 18 heavy (non-hydrogen) atoms. The Labute approximate surface area is 114 Å². The van der Waals surface area contributed by atoms with E-state index in [1.54, 1.807) is 0 Å². The van der Waals surface area contributed by atoms with E-state index >= 15 is 0 Å². The second-order valence-electron chi connectivity index (χ2n) is 4.81. The average Bonchev–Trinajstić information content (AvgIpc) is 2.97. The van der Waals surface area contributed by atoms with E-state index in [2.05, 4.69) is 29.4 Å². The standard InChI is InChI=1S/C14H18N2O.ClH/c1-16(12-6-7-15-9-12)10-13-8-11-4-2-3-5-14(11)17-13;/h2-5,8,12,15H,6-7,9-10H2,1H3;1H. The summed E-state index contributed by atoms with van der Waals surface area (Å²) < 4.78 is 5.84. The van der Waals surface area contributed by atoms with Crippen LogP contribution in [0.3, 0.4) is 0 Å². The molecule has 4 heteroatoms. The molecule has 2 aromatic rings. The molecule has 1 unspecified atom stereocenters. The van der Waals surface area contributed by atoms with Crippen molar-refractivity contribution in [1.82, 2.24) is 10.2 Å². The van der Waals surface area contributed by atoms with E-state index in [4.69, 9.17) is 4.42 Å². The fourth-order valence-corrected chi connectivity index (χ4v) is 2.51. The Morgan fingerprint density at radius 3 is 2.94 bits per heavy atom. The largest absolute Gasteiger partial charge is 0.460 e. The van der Waals surface area contributed by atoms with Crippen molar-refractivity contribution in [2.75, 3.05) is 20.1 Å². The number of halogens is 1. The number of nitrogens with zero attached hydrogens (tertiary/aromatic N) is 1. The highest BCUT2D eigenvalue weighted by Gasteiger charge is 2.19. The smallest absolute Gasteiger partial charge is 0.134 e. The summed E-state index contributed by atoms with van der Waals surface area (Å²) in [5, 5.41) is 4.59. The normalized spacial score (nSPS) is 19.3. The van der Waals surface area contributed by atoms with Gasteiger partial charge in [-0.3, -0.25) is 4.90 Å². The topological polar surface area (TPSA) is 28.4 Å². The number of nitrogens with one attached hydrogen (secondary N) is 1. The number of hydrogen-bond acceptors (Lipinski definition) is 3. The monoisotopic (exact) mass is 266 g/mol. The zero-order chi connectivity index (χ0) is 11.7. The first kappa shape index (κ1) is 13.4. The quantitative estimate of drug-likeness (QED) is 0.926. The maximum atomic E-state index is 5.84. The first-order chi connectivity index (χ1) is 8.33. The SMILES string of the molecule is CN(Cc1cc2ccccc2o1)C1CCNC1.Cl. The van der Waals surface area contributed by atoms with Gasteiger partial charge in [0, 0.05) is 18.0 Å². The van der Waals surface area contributed by atoms with Crippen LogP contribution >= 0.6 is 12.4 Å². The minimum absolute atomic E-state index is 0. The lowest BCUT2D eigenvalue weighted by atomic mass is 10.2. The number of hydrogen-bond donors (Lipinski definition) is 1. The molecule has 0 bridgehead atoms. The zero-order valence-electron chi connectivity index (χ0n) is 10.6. The molecule has 1 fully saturated rings. The van der Waals surface area contributed by atoms with Crippen LogP contribution in [0.25, 0.3) is 11.0 Å². The second kappa shape index (κ2) is 5.74. The maximum absolute atomic E-state index is 5.84. The lowest BCUT2D eigenvalue weighted by Gasteiger charge is -2.21. The lowest BCUT2D eigenvalue weighted by Crippen LogP contribution is -2.32. The van der Waals surface area contributed by atoms with E-state index < -0.39 is 0 Å². The molecule has 0 spiro atoms. The molecule has 1 aliphatic rings. The third kappa shape index (κ3) is 2.69. The van der Waals surface area contributed by atoms with E-state index in [-0.39, 0.29) is 12.4 Å². The molecular formula is C14H19ClN2O. The molecule has 0 saturated carbocycles. The van der Waals surface area contributed by atoms with Crippen LogP contribution in [0, 0.1) is 0 Å². The van der Waals surface area contributed by atoms with Crippen LogP contribution in [0.15, 0.2) is 34.7 Å². The molecule has 98 valence electrons. The molecule has 1 aromatic carbocycles. The molecule has 1 atom stereocenters. The van der Waals surface area contributed by atoms with Crippen molar-refractivity contribution in [3.63, 3.8) is 0 Å². The molecule has 0 radical (unpaired) electrons. The summed E-state index contributed by atoms with van der Waals surface area (Å²) in [7, 11) is 2.17. The number of rotatable bonds is 3. The van der Waals surface area contributed by atoms with Crippen LogP contribution in [0.1, 0.15) is 12.2 Å². The van der Waals surface area contributed by atoms with E-state index in [0.717, 1.165) is 31.0 Å². The Morgan fingerprint density at radius 2 is 2.22 bits per heavy atom. The Balaban J connectivity index is 0.00000120. The molecule has 0 amide bonds. The first-order valence-corrected chi connectivity index (χ1v) is 6.21. The van der Waals surface area contributed by atoms with E-state index in [1.807, 2.05) is 18.2 Å². The van der Waals surface area contributed by atoms with Crippen LogP contribution in [-0.2, 0) is 6.54 Å². The molecule has 3 rings (SSSR count).